The molecule has 1 N–H and O–H groups in total. The van der Waals surface area contributed by atoms with E-state index in [4.69, 9.17) is 9.47 Å². The highest BCUT2D eigenvalue weighted by atomic mass is 16.5. The van der Waals surface area contributed by atoms with Gasteiger partial charge < -0.3 is 19.4 Å². The molecule has 6 heteroatoms. The average molecular weight is 331 g/mol. The Morgan fingerprint density at radius 3 is 2.75 bits per heavy atom. The topological polar surface area (TPSA) is 65.4 Å². The lowest BCUT2D eigenvalue weighted by molar-refractivity contribution is -0.121. The Morgan fingerprint density at radius 2 is 2.08 bits per heavy atom. The second-order valence-corrected chi connectivity index (χ2v) is 5.59. The standard InChI is InChI=1S/C18H25N3O3/c1-21-12-11-19-18(21)17(14-8-4-5-9-15(14)24-3)20-16(22)10-6-7-13-23-2/h4-5,8-9,11-12,17H,6-7,10,13H2,1-3H3,(H,20,22). The van der Waals surface area contributed by atoms with E-state index in [9.17, 15) is 4.79 Å². The van der Waals surface area contributed by atoms with Gasteiger partial charge in [-0.15, -0.1) is 0 Å². The summed E-state index contributed by atoms with van der Waals surface area (Å²) in [5, 5.41) is 3.09. The number of hydrogen-bond donors (Lipinski definition) is 1. The van der Waals surface area contributed by atoms with E-state index in [0.29, 0.717) is 13.0 Å². The van der Waals surface area contributed by atoms with Crippen molar-refractivity contribution in [3.05, 3.63) is 48.0 Å². The van der Waals surface area contributed by atoms with Crippen molar-refractivity contribution < 1.29 is 14.3 Å². The van der Waals surface area contributed by atoms with Gasteiger partial charge in [0.1, 0.15) is 17.6 Å². The molecule has 2 aromatic rings. The Labute approximate surface area is 142 Å². The molecular formula is C18H25N3O3. The Kier molecular flexibility index (Phi) is 6.81. The Balaban J connectivity index is 2.18. The van der Waals surface area contributed by atoms with Crippen LogP contribution in [0.5, 0.6) is 5.75 Å². The number of carbonyl (C=O) groups excluding carboxylic acids is 1. The molecule has 0 spiro atoms. The summed E-state index contributed by atoms with van der Waals surface area (Å²) >= 11 is 0. The Bertz CT molecular complexity index is 654. The number of rotatable bonds is 9. The lowest BCUT2D eigenvalue weighted by Gasteiger charge is -2.21. The molecule has 1 aromatic carbocycles. The normalized spacial score (nSPS) is 12.0. The van der Waals surface area contributed by atoms with Gasteiger partial charge in [-0.1, -0.05) is 18.2 Å². The largest absolute Gasteiger partial charge is 0.496 e. The number of unbranched alkanes of at least 4 members (excludes halogenated alkanes) is 1. The maximum atomic E-state index is 12.4. The number of nitrogens with zero attached hydrogens (tertiary/aromatic N) is 2. The molecule has 0 bridgehead atoms. The van der Waals surface area contributed by atoms with Crippen LogP contribution in [0, 0.1) is 0 Å². The van der Waals surface area contributed by atoms with Gasteiger partial charge in [0.2, 0.25) is 5.91 Å². The molecule has 130 valence electrons. The SMILES string of the molecule is COCCCCC(=O)NC(c1ccccc1OC)c1nccn1C. The van der Waals surface area contributed by atoms with Gasteiger partial charge >= 0.3 is 0 Å². The summed E-state index contributed by atoms with van der Waals surface area (Å²) in [6.07, 6.45) is 5.70. The van der Waals surface area contributed by atoms with E-state index in [-0.39, 0.29) is 11.9 Å². The predicted octanol–water partition coefficient (Wildman–Crippen LogP) is 2.45. The number of amides is 1. The maximum absolute atomic E-state index is 12.4. The number of aryl methyl sites for hydroxylation is 1. The fourth-order valence-electron chi connectivity index (χ4n) is 2.61. The number of aromatic nitrogens is 2. The number of benzene rings is 1. The average Bonchev–Trinajstić information content (AvgIpc) is 3.02. The van der Waals surface area contributed by atoms with Crippen molar-refractivity contribution in [2.45, 2.75) is 25.3 Å². The van der Waals surface area contributed by atoms with Gasteiger partial charge in [-0.2, -0.15) is 0 Å². The molecular weight excluding hydrogens is 306 g/mol. The smallest absolute Gasteiger partial charge is 0.220 e. The fourth-order valence-corrected chi connectivity index (χ4v) is 2.61. The van der Waals surface area contributed by atoms with Crippen LogP contribution in [0.2, 0.25) is 0 Å². The van der Waals surface area contributed by atoms with Crippen LogP contribution < -0.4 is 10.1 Å². The van der Waals surface area contributed by atoms with E-state index in [0.717, 1.165) is 30.0 Å². The zero-order chi connectivity index (χ0) is 17.4. The second kappa shape index (κ2) is 9.08. The third-order valence-corrected chi connectivity index (χ3v) is 3.87. The number of nitrogens with one attached hydrogen (secondary N) is 1. The highest BCUT2D eigenvalue weighted by Gasteiger charge is 2.23. The molecule has 0 aliphatic carbocycles. The first-order valence-electron chi connectivity index (χ1n) is 8.05. The van der Waals surface area contributed by atoms with Gasteiger partial charge in [-0.25, -0.2) is 4.98 Å². The molecule has 1 unspecified atom stereocenters. The number of hydrogen-bond acceptors (Lipinski definition) is 4. The number of carbonyl (C=O) groups is 1. The summed E-state index contributed by atoms with van der Waals surface area (Å²) in [6.45, 7) is 0.669. The fraction of sp³-hybridized carbons (Fsp3) is 0.444. The van der Waals surface area contributed by atoms with Crippen molar-refractivity contribution >= 4 is 5.91 Å². The zero-order valence-corrected chi connectivity index (χ0v) is 14.5. The van der Waals surface area contributed by atoms with Crippen LogP contribution in [-0.4, -0.2) is 36.3 Å². The van der Waals surface area contributed by atoms with E-state index in [2.05, 4.69) is 10.3 Å². The number of para-hydroxylation sites is 1. The first-order chi connectivity index (χ1) is 11.7. The van der Waals surface area contributed by atoms with E-state index in [1.165, 1.54) is 0 Å². The van der Waals surface area contributed by atoms with Crippen LogP contribution in [0.3, 0.4) is 0 Å². The molecule has 1 atom stereocenters. The van der Waals surface area contributed by atoms with Gasteiger partial charge in [-0.05, 0) is 18.9 Å². The number of methoxy groups -OCH3 is 2. The minimum absolute atomic E-state index is 0.00925. The summed E-state index contributed by atoms with van der Waals surface area (Å²) in [7, 11) is 5.20. The summed E-state index contributed by atoms with van der Waals surface area (Å²) in [5.74, 6) is 1.49. The Hall–Kier alpha value is -2.34. The highest BCUT2D eigenvalue weighted by Crippen LogP contribution is 2.29. The third kappa shape index (κ3) is 4.58. The summed E-state index contributed by atoms with van der Waals surface area (Å²) in [4.78, 5) is 16.8. The first kappa shape index (κ1) is 18.0. The van der Waals surface area contributed by atoms with Crippen LogP contribution >= 0.6 is 0 Å². The van der Waals surface area contributed by atoms with Crippen molar-refractivity contribution in [3.8, 4) is 5.75 Å². The highest BCUT2D eigenvalue weighted by molar-refractivity contribution is 5.77. The molecule has 0 radical (unpaired) electrons. The van der Waals surface area contributed by atoms with E-state index < -0.39 is 0 Å². The first-order valence-corrected chi connectivity index (χ1v) is 8.05. The molecule has 0 aliphatic heterocycles. The molecule has 2 rings (SSSR count). The quantitative estimate of drug-likeness (QED) is 0.717. The molecule has 24 heavy (non-hydrogen) atoms. The van der Waals surface area contributed by atoms with Gasteiger partial charge in [-0.3, -0.25) is 4.79 Å². The molecule has 1 amide bonds. The lowest BCUT2D eigenvalue weighted by atomic mass is 10.0. The van der Waals surface area contributed by atoms with Crippen LogP contribution in [0.4, 0.5) is 0 Å². The molecule has 1 heterocycles. The van der Waals surface area contributed by atoms with Gasteiger partial charge in [0.15, 0.2) is 0 Å². The molecule has 0 fully saturated rings. The van der Waals surface area contributed by atoms with Crippen LogP contribution in [0.25, 0.3) is 0 Å². The summed E-state index contributed by atoms with van der Waals surface area (Å²) < 4.78 is 12.4. The van der Waals surface area contributed by atoms with Gasteiger partial charge in [0, 0.05) is 45.1 Å². The monoisotopic (exact) mass is 331 g/mol. The molecule has 6 nitrogen and oxygen atoms in total. The number of imidazole rings is 1. The van der Waals surface area contributed by atoms with Gasteiger partial charge in [0.05, 0.1) is 7.11 Å². The van der Waals surface area contributed by atoms with Crippen molar-refractivity contribution in [1.29, 1.82) is 0 Å². The van der Waals surface area contributed by atoms with Crippen LogP contribution in [0.15, 0.2) is 36.7 Å². The zero-order valence-electron chi connectivity index (χ0n) is 14.5. The predicted molar refractivity (Wildman–Crippen MR) is 91.9 cm³/mol. The van der Waals surface area contributed by atoms with Crippen LogP contribution in [0.1, 0.15) is 36.7 Å². The van der Waals surface area contributed by atoms with E-state index in [1.54, 1.807) is 20.4 Å². The minimum Gasteiger partial charge on any atom is -0.496 e. The third-order valence-electron chi connectivity index (χ3n) is 3.87. The maximum Gasteiger partial charge on any atom is 0.220 e. The van der Waals surface area contributed by atoms with Gasteiger partial charge in [0.25, 0.3) is 0 Å². The molecule has 1 aromatic heterocycles. The van der Waals surface area contributed by atoms with Crippen molar-refractivity contribution in [1.82, 2.24) is 14.9 Å². The van der Waals surface area contributed by atoms with Crippen LogP contribution in [-0.2, 0) is 16.6 Å². The minimum atomic E-state index is -0.351. The van der Waals surface area contributed by atoms with Crippen molar-refractivity contribution in [2.75, 3.05) is 20.8 Å². The van der Waals surface area contributed by atoms with Crippen molar-refractivity contribution in [2.24, 2.45) is 7.05 Å². The second-order valence-electron chi connectivity index (χ2n) is 5.59. The molecule has 0 saturated heterocycles. The van der Waals surface area contributed by atoms with E-state index >= 15 is 0 Å². The van der Waals surface area contributed by atoms with E-state index in [1.807, 2.05) is 42.1 Å². The summed E-state index contributed by atoms with van der Waals surface area (Å²) in [6, 6.07) is 7.32. The van der Waals surface area contributed by atoms with Crippen molar-refractivity contribution in [3.63, 3.8) is 0 Å². The lowest BCUT2D eigenvalue weighted by Crippen LogP contribution is -2.31. The Morgan fingerprint density at radius 1 is 1.29 bits per heavy atom. The molecule has 0 saturated carbocycles. The summed E-state index contributed by atoms with van der Waals surface area (Å²) in [5.41, 5.74) is 0.888. The number of ether oxygens (including phenoxy) is 2. The molecule has 0 aliphatic rings.